The molecule has 15 nitrogen and oxygen atoms in total. The molecule has 3 aromatic heterocycles. The maximum Gasteiger partial charge on any atom is 0.329 e. The zero-order chi connectivity index (χ0) is 43.8. The first-order chi connectivity index (χ1) is 30.3. The van der Waals surface area contributed by atoms with Gasteiger partial charge in [-0.2, -0.15) is 4.98 Å². The van der Waals surface area contributed by atoms with Crippen LogP contribution in [0.2, 0.25) is 0 Å². The fourth-order valence-corrected chi connectivity index (χ4v) is 13.4. The number of aryl methyl sites for hydroxylation is 2. The van der Waals surface area contributed by atoms with E-state index in [0.717, 1.165) is 82.0 Å². The lowest BCUT2D eigenvalue weighted by molar-refractivity contribution is -0.135. The predicted octanol–water partition coefficient (Wildman–Crippen LogP) is 5.66. The molecule has 0 radical (unpaired) electrons. The van der Waals surface area contributed by atoms with Crippen molar-refractivity contribution in [1.82, 2.24) is 33.9 Å². The monoisotopic (exact) mass is 879 g/mol. The highest BCUT2D eigenvalue weighted by molar-refractivity contribution is 7.92. The van der Waals surface area contributed by atoms with Crippen LogP contribution in [0.4, 0.5) is 21.7 Å². The molecular formula is C46H54FN9O6S. The second-order valence-electron chi connectivity index (χ2n) is 18.8. The maximum absolute atomic E-state index is 16.2. The first-order valence-corrected chi connectivity index (χ1v) is 24.0. The number of aromatic nitrogens is 5. The van der Waals surface area contributed by atoms with E-state index in [1.165, 1.54) is 16.2 Å². The van der Waals surface area contributed by atoms with Crippen LogP contribution < -0.4 is 26.8 Å². The van der Waals surface area contributed by atoms with E-state index >= 15 is 4.39 Å². The van der Waals surface area contributed by atoms with Crippen LogP contribution in [0.15, 0.2) is 63.1 Å². The molecule has 1 spiro atoms. The van der Waals surface area contributed by atoms with Crippen molar-refractivity contribution in [3.8, 4) is 0 Å². The van der Waals surface area contributed by atoms with Crippen LogP contribution >= 0.6 is 0 Å². The lowest BCUT2D eigenvalue weighted by Crippen LogP contribution is -2.52. The standard InChI is InChI=1S/C46H54FN9O6S/c1-28-23-32(8-9-34(28)49-44-48-26-30-7-14-39(58)55(42(30)51-44)31-5-3-4-6-31)63(61,62)33-24-46(25-33)17-21-53(22-18-46)27-29-15-19-54(20-16-29)35-10-11-36-41(40(35)47)52(2)45(60)56(36)37-12-13-38(57)50-43(37)59/h7-11,14,23,26,29,31,33,37H,3-6,12-13,15-22,24-25,27H2,1-2H3,(H,48,49,51)(H,50,57,59)/t37-/m1/s1. The smallest absolute Gasteiger partial charge is 0.329 e. The van der Waals surface area contributed by atoms with Crippen molar-refractivity contribution in [3.63, 3.8) is 0 Å². The highest BCUT2D eigenvalue weighted by atomic mass is 32.2. The fourth-order valence-electron chi connectivity index (χ4n) is 11.2. The van der Waals surface area contributed by atoms with Gasteiger partial charge in [0.15, 0.2) is 15.7 Å². The fraction of sp³-hybridized carbons (Fsp3) is 0.522. The quantitative estimate of drug-likeness (QED) is 0.175. The highest BCUT2D eigenvalue weighted by Gasteiger charge is 2.51. The Morgan fingerprint density at radius 1 is 0.905 bits per heavy atom. The molecule has 63 heavy (non-hydrogen) atoms. The summed E-state index contributed by atoms with van der Waals surface area (Å²) in [5.74, 6) is -0.589. The summed E-state index contributed by atoms with van der Waals surface area (Å²) in [6.45, 7) is 6.08. The van der Waals surface area contributed by atoms with Gasteiger partial charge in [-0.25, -0.2) is 22.6 Å². The molecule has 5 fully saturated rings. The molecule has 10 rings (SSSR count). The molecule has 5 aromatic rings. The number of sulfone groups is 1. The van der Waals surface area contributed by atoms with E-state index < -0.39 is 38.5 Å². The molecule has 6 heterocycles. The van der Waals surface area contributed by atoms with Gasteiger partial charge in [0.2, 0.25) is 17.8 Å². The van der Waals surface area contributed by atoms with Crippen molar-refractivity contribution >= 4 is 61.0 Å². The van der Waals surface area contributed by atoms with E-state index in [1.807, 2.05) is 11.8 Å². The third-order valence-corrected chi connectivity index (χ3v) is 17.1. The number of imidazole rings is 1. The number of halogens is 1. The number of hydrogen-bond donors (Lipinski definition) is 2. The molecule has 2 aromatic carbocycles. The van der Waals surface area contributed by atoms with Crippen molar-refractivity contribution in [2.24, 2.45) is 18.4 Å². The number of nitrogens with one attached hydrogen (secondary N) is 2. The lowest BCUT2D eigenvalue weighted by Gasteiger charge is -2.52. The van der Waals surface area contributed by atoms with Crippen molar-refractivity contribution < 1.29 is 22.4 Å². The molecule has 2 aliphatic carbocycles. The van der Waals surface area contributed by atoms with Crippen LogP contribution in [0, 0.1) is 24.1 Å². The van der Waals surface area contributed by atoms with Crippen LogP contribution in [0.3, 0.4) is 0 Å². The van der Waals surface area contributed by atoms with Gasteiger partial charge in [-0.3, -0.25) is 33.4 Å². The number of pyridine rings is 1. The van der Waals surface area contributed by atoms with Crippen molar-refractivity contribution in [1.29, 1.82) is 0 Å². The van der Waals surface area contributed by atoms with Crippen molar-refractivity contribution in [2.45, 2.75) is 106 Å². The second kappa shape index (κ2) is 16.0. The summed E-state index contributed by atoms with van der Waals surface area (Å²) in [5.41, 5.74) is 2.52. The topological polar surface area (TPSA) is 174 Å². The van der Waals surface area contributed by atoms with Gasteiger partial charge in [0.1, 0.15) is 17.2 Å². The molecule has 3 saturated heterocycles. The van der Waals surface area contributed by atoms with Crippen LogP contribution in [-0.2, 0) is 26.5 Å². The summed E-state index contributed by atoms with van der Waals surface area (Å²) >= 11 is 0. The lowest BCUT2D eigenvalue weighted by atomic mass is 9.63. The molecule has 5 aliphatic rings. The normalized spacial score (nSPS) is 21.7. The number of likely N-dealkylation sites (tertiary alicyclic amines) is 1. The molecule has 17 heteroatoms. The molecule has 332 valence electrons. The van der Waals surface area contributed by atoms with E-state index in [1.54, 1.807) is 53.2 Å². The number of piperidine rings is 3. The number of imide groups is 1. The van der Waals surface area contributed by atoms with Gasteiger partial charge in [0, 0.05) is 62.5 Å². The van der Waals surface area contributed by atoms with Crippen LogP contribution in [-0.4, -0.2) is 86.8 Å². The summed E-state index contributed by atoms with van der Waals surface area (Å²) in [5, 5.41) is 5.96. The van der Waals surface area contributed by atoms with Gasteiger partial charge in [-0.15, -0.1) is 0 Å². The molecule has 0 unspecified atom stereocenters. The molecular weight excluding hydrogens is 826 g/mol. The number of hydrogen-bond acceptors (Lipinski definition) is 11. The molecule has 2 amide bonds. The van der Waals surface area contributed by atoms with Gasteiger partial charge in [0.05, 0.1) is 21.3 Å². The Morgan fingerprint density at radius 3 is 2.37 bits per heavy atom. The third-order valence-electron chi connectivity index (χ3n) is 15.0. The van der Waals surface area contributed by atoms with E-state index in [4.69, 9.17) is 4.98 Å². The Labute approximate surface area is 364 Å². The Balaban J connectivity index is 0.723. The van der Waals surface area contributed by atoms with E-state index in [-0.39, 0.29) is 41.3 Å². The first kappa shape index (κ1) is 41.6. The van der Waals surface area contributed by atoms with Gasteiger partial charge in [-0.05, 0) is 131 Å². The highest BCUT2D eigenvalue weighted by Crippen LogP contribution is 2.53. The Bertz CT molecular complexity index is 2880. The van der Waals surface area contributed by atoms with E-state index in [2.05, 4.69) is 20.5 Å². The Kier molecular flexibility index (Phi) is 10.5. The van der Waals surface area contributed by atoms with Crippen LogP contribution in [0.25, 0.3) is 22.1 Å². The number of carbonyl (C=O) groups is 2. The summed E-state index contributed by atoms with van der Waals surface area (Å²) < 4.78 is 48.4. The summed E-state index contributed by atoms with van der Waals surface area (Å²) in [6.07, 6.45) is 11.2. The van der Waals surface area contributed by atoms with Crippen molar-refractivity contribution in [2.75, 3.05) is 42.9 Å². The molecule has 2 N–H and O–H groups in total. The number of anilines is 3. The van der Waals surface area contributed by atoms with Gasteiger partial charge in [0.25, 0.3) is 5.56 Å². The average molecular weight is 880 g/mol. The van der Waals surface area contributed by atoms with E-state index in [0.29, 0.717) is 65.2 Å². The zero-order valence-electron chi connectivity index (χ0n) is 35.8. The summed E-state index contributed by atoms with van der Waals surface area (Å²) in [7, 11) is -2.01. The number of benzene rings is 2. The average Bonchev–Trinajstić information content (AvgIpc) is 3.88. The van der Waals surface area contributed by atoms with Gasteiger partial charge >= 0.3 is 5.69 Å². The maximum atomic E-state index is 16.2. The Morgan fingerprint density at radius 2 is 1.65 bits per heavy atom. The minimum absolute atomic E-state index is 0.0499. The van der Waals surface area contributed by atoms with Crippen molar-refractivity contribution in [3.05, 3.63) is 80.9 Å². The SMILES string of the molecule is Cc1cc(S(=O)(=O)C2CC3(CCN(CC4CCN(c5ccc6c(c5F)n(C)c(=O)n6[C@@H]5CCC(=O)NC5=O)CC4)CC3)C2)ccc1Nc1ncc2ccc(=O)n(C3CCCC3)c2n1. The molecule has 3 aliphatic heterocycles. The van der Waals surface area contributed by atoms with Crippen LogP contribution in [0.5, 0.6) is 0 Å². The Hall–Kier alpha value is -5.42. The number of fused-ring (bicyclic) bond motifs is 2. The van der Waals surface area contributed by atoms with Gasteiger partial charge in [-0.1, -0.05) is 12.8 Å². The summed E-state index contributed by atoms with van der Waals surface area (Å²) in [6, 6.07) is 11.2. The first-order valence-electron chi connectivity index (χ1n) is 22.5. The third kappa shape index (κ3) is 7.43. The van der Waals surface area contributed by atoms with E-state index in [9.17, 15) is 27.6 Å². The zero-order valence-corrected chi connectivity index (χ0v) is 36.6. The van der Waals surface area contributed by atoms with Crippen LogP contribution in [0.1, 0.15) is 94.7 Å². The van der Waals surface area contributed by atoms with Gasteiger partial charge < -0.3 is 15.1 Å². The number of carbonyl (C=O) groups excluding carboxylic acids is 2. The largest absolute Gasteiger partial charge is 0.369 e. The predicted molar refractivity (Wildman–Crippen MR) is 238 cm³/mol. The molecule has 2 saturated carbocycles. The minimum atomic E-state index is -3.52. The number of amides is 2. The number of rotatable bonds is 9. The number of nitrogens with zero attached hydrogens (tertiary/aromatic N) is 7. The summed E-state index contributed by atoms with van der Waals surface area (Å²) in [4.78, 5) is 64.6. The molecule has 1 atom stereocenters. The molecule has 0 bridgehead atoms. The second-order valence-corrected chi connectivity index (χ2v) is 21.0. The minimum Gasteiger partial charge on any atom is -0.369 e.